The van der Waals surface area contributed by atoms with Crippen molar-refractivity contribution in [2.45, 2.75) is 13.8 Å². The van der Waals surface area contributed by atoms with Gasteiger partial charge in [0.1, 0.15) is 4.01 Å². The number of aryl methyl sites for hydroxylation is 1. The number of fused-ring (bicyclic) bond motifs is 1. The highest BCUT2D eigenvalue weighted by Gasteiger charge is 2.13. The van der Waals surface area contributed by atoms with Crippen molar-refractivity contribution in [1.82, 2.24) is 4.98 Å². The molecule has 2 aromatic rings. The van der Waals surface area contributed by atoms with E-state index in [-0.39, 0.29) is 5.78 Å². The molecule has 4 heteroatoms. The maximum absolute atomic E-state index is 11.1. The lowest BCUT2D eigenvalue weighted by Gasteiger charge is -1.88. The van der Waals surface area contributed by atoms with Gasteiger partial charge < -0.3 is 0 Å². The number of hydrogen-bond donors (Lipinski definition) is 0. The molecule has 0 N–H and O–H groups in total. The summed E-state index contributed by atoms with van der Waals surface area (Å²) in [4.78, 5) is 16.2. The first-order chi connectivity index (χ1) is 5.70. The molecule has 0 saturated carbocycles. The Morgan fingerprint density at radius 3 is 2.92 bits per heavy atom. The Morgan fingerprint density at radius 1 is 1.58 bits per heavy atom. The Hall–Kier alpha value is -0.740. The van der Waals surface area contributed by atoms with Crippen LogP contribution in [0, 0.1) is 6.92 Å². The van der Waals surface area contributed by atoms with Crippen molar-refractivity contribution in [1.29, 1.82) is 0 Å². The Kier molecular flexibility index (Phi) is 1.73. The number of carbonyl (C=O) groups is 1. The summed E-state index contributed by atoms with van der Waals surface area (Å²) in [5, 5.41) is 0. The number of aromatic nitrogens is 1. The van der Waals surface area contributed by atoms with Crippen molar-refractivity contribution in [2.24, 2.45) is 0 Å². The van der Waals surface area contributed by atoms with E-state index in [0.29, 0.717) is 0 Å². The fourth-order valence-corrected chi connectivity index (χ4v) is 3.19. The molecule has 0 aliphatic heterocycles. The third kappa shape index (κ3) is 0.990. The molecular weight excluding hydrogens is 190 g/mol. The Labute approximate surface area is 77.9 Å². The molecule has 12 heavy (non-hydrogen) atoms. The average Bonchev–Trinajstić information content (AvgIpc) is 2.53. The maximum Gasteiger partial charge on any atom is 0.170 e. The number of ketones is 1. The molecule has 62 valence electrons. The molecular formula is C8H7NOS2. The maximum atomic E-state index is 11.1. The summed E-state index contributed by atoms with van der Waals surface area (Å²) >= 11 is 3.14. The van der Waals surface area contributed by atoms with Gasteiger partial charge in [0, 0.05) is 0 Å². The summed E-state index contributed by atoms with van der Waals surface area (Å²) in [5.74, 6) is 0.141. The number of thiophene rings is 1. The van der Waals surface area contributed by atoms with Crippen LogP contribution in [-0.4, -0.2) is 10.8 Å². The summed E-state index contributed by atoms with van der Waals surface area (Å²) in [6.07, 6.45) is 0. The van der Waals surface area contributed by atoms with Crippen molar-refractivity contribution < 1.29 is 4.79 Å². The van der Waals surface area contributed by atoms with Crippen LogP contribution in [0.5, 0.6) is 0 Å². The summed E-state index contributed by atoms with van der Waals surface area (Å²) in [7, 11) is 0. The Bertz CT molecular complexity index is 441. The van der Waals surface area contributed by atoms with Gasteiger partial charge in [-0.25, -0.2) is 4.98 Å². The molecule has 0 amide bonds. The number of Topliss-reactive ketones (excluding diaryl/α,β-unsaturated/α-hetero) is 1. The van der Waals surface area contributed by atoms with Gasteiger partial charge in [0.25, 0.3) is 0 Å². The molecule has 2 rings (SSSR count). The molecule has 0 aliphatic rings. The van der Waals surface area contributed by atoms with Crippen LogP contribution in [0.25, 0.3) is 9.53 Å². The fraction of sp³-hybridized carbons (Fsp3) is 0.250. The predicted molar refractivity (Wildman–Crippen MR) is 52.2 cm³/mol. The third-order valence-electron chi connectivity index (χ3n) is 1.75. The van der Waals surface area contributed by atoms with E-state index in [2.05, 4.69) is 4.98 Å². The molecule has 0 unspecified atom stereocenters. The standard InChI is InChI=1S/C8H7NOS2/c1-4-6-8(11-3-9-6)12-7(4)5(2)10/h3H,1-2H3. The quantitative estimate of drug-likeness (QED) is 0.658. The second kappa shape index (κ2) is 2.64. The zero-order valence-corrected chi connectivity index (χ0v) is 8.38. The van der Waals surface area contributed by atoms with E-state index in [9.17, 15) is 4.79 Å². The second-order valence-electron chi connectivity index (χ2n) is 2.60. The minimum Gasteiger partial charge on any atom is -0.294 e. The number of rotatable bonds is 1. The highest BCUT2D eigenvalue weighted by atomic mass is 32.2. The molecule has 0 radical (unpaired) electrons. The van der Waals surface area contributed by atoms with Gasteiger partial charge in [-0.05, 0) is 19.4 Å². The zero-order chi connectivity index (χ0) is 8.72. The highest BCUT2D eigenvalue weighted by Crippen LogP contribution is 2.32. The van der Waals surface area contributed by atoms with E-state index in [0.717, 1.165) is 20.0 Å². The lowest BCUT2D eigenvalue weighted by atomic mass is 10.2. The summed E-state index contributed by atoms with van der Waals surface area (Å²) in [5.41, 5.74) is 3.84. The monoisotopic (exact) mass is 197 g/mol. The molecule has 2 heterocycles. The molecule has 0 aromatic carbocycles. The first-order valence-electron chi connectivity index (χ1n) is 3.53. The van der Waals surface area contributed by atoms with E-state index in [4.69, 9.17) is 0 Å². The van der Waals surface area contributed by atoms with Crippen LogP contribution in [0.2, 0.25) is 0 Å². The van der Waals surface area contributed by atoms with Crippen molar-refractivity contribution in [3.8, 4) is 0 Å². The minimum atomic E-state index is 0.141. The van der Waals surface area contributed by atoms with Crippen molar-refractivity contribution >= 4 is 38.0 Å². The molecule has 0 spiro atoms. The fourth-order valence-electron chi connectivity index (χ4n) is 1.17. The van der Waals surface area contributed by atoms with Gasteiger partial charge in [0.05, 0.1) is 15.9 Å². The van der Waals surface area contributed by atoms with Gasteiger partial charge in [0.15, 0.2) is 5.78 Å². The third-order valence-corrected chi connectivity index (χ3v) is 4.08. The van der Waals surface area contributed by atoms with Gasteiger partial charge in [-0.2, -0.15) is 0 Å². The SMILES string of the molecule is CC(=O)c1sc2scnc2c1C. The van der Waals surface area contributed by atoms with Gasteiger partial charge >= 0.3 is 0 Å². The van der Waals surface area contributed by atoms with Crippen LogP contribution in [0.4, 0.5) is 0 Å². The van der Waals surface area contributed by atoms with Crippen LogP contribution in [0.1, 0.15) is 22.2 Å². The highest BCUT2D eigenvalue weighted by molar-refractivity contribution is 7.38. The van der Waals surface area contributed by atoms with E-state index in [1.54, 1.807) is 29.6 Å². The first-order valence-corrected chi connectivity index (χ1v) is 5.23. The van der Waals surface area contributed by atoms with Gasteiger partial charge in [-0.3, -0.25) is 4.79 Å². The molecule has 0 atom stereocenters. The van der Waals surface area contributed by atoms with Crippen LogP contribution in [0.15, 0.2) is 5.51 Å². The van der Waals surface area contributed by atoms with Crippen molar-refractivity contribution in [3.05, 3.63) is 16.0 Å². The molecule has 0 aliphatic carbocycles. The first kappa shape index (κ1) is 7.89. The topological polar surface area (TPSA) is 30.0 Å². The van der Waals surface area contributed by atoms with E-state index >= 15 is 0 Å². The lowest BCUT2D eigenvalue weighted by Crippen LogP contribution is -1.89. The Balaban J connectivity index is 2.78. The summed E-state index contributed by atoms with van der Waals surface area (Å²) in [6, 6.07) is 0. The second-order valence-corrected chi connectivity index (χ2v) is 4.73. The molecule has 0 saturated heterocycles. The largest absolute Gasteiger partial charge is 0.294 e. The lowest BCUT2D eigenvalue weighted by molar-refractivity contribution is 0.102. The molecule has 2 aromatic heterocycles. The average molecular weight is 197 g/mol. The number of hydrogen-bond acceptors (Lipinski definition) is 4. The van der Waals surface area contributed by atoms with E-state index in [1.165, 1.54) is 0 Å². The van der Waals surface area contributed by atoms with Gasteiger partial charge in [0.2, 0.25) is 0 Å². The van der Waals surface area contributed by atoms with Crippen LogP contribution in [-0.2, 0) is 0 Å². The summed E-state index contributed by atoms with van der Waals surface area (Å²) < 4.78 is 1.15. The van der Waals surface area contributed by atoms with Gasteiger partial charge in [-0.15, -0.1) is 22.7 Å². The predicted octanol–water partition coefficient (Wildman–Crippen LogP) is 2.87. The van der Waals surface area contributed by atoms with Crippen molar-refractivity contribution in [2.75, 3.05) is 0 Å². The normalized spacial score (nSPS) is 10.8. The smallest absolute Gasteiger partial charge is 0.170 e. The number of thiazole rings is 1. The van der Waals surface area contributed by atoms with Crippen LogP contribution < -0.4 is 0 Å². The number of carbonyl (C=O) groups excluding carboxylic acids is 1. The minimum absolute atomic E-state index is 0.141. The van der Waals surface area contributed by atoms with Crippen LogP contribution >= 0.6 is 22.7 Å². The van der Waals surface area contributed by atoms with E-state index < -0.39 is 0 Å². The number of nitrogens with zero attached hydrogens (tertiary/aromatic N) is 1. The van der Waals surface area contributed by atoms with Crippen LogP contribution in [0.3, 0.4) is 0 Å². The zero-order valence-electron chi connectivity index (χ0n) is 6.75. The Morgan fingerprint density at radius 2 is 2.33 bits per heavy atom. The molecule has 2 nitrogen and oxygen atoms in total. The molecule has 0 fully saturated rings. The van der Waals surface area contributed by atoms with E-state index in [1.807, 2.05) is 12.4 Å². The molecule has 0 bridgehead atoms. The summed E-state index contributed by atoms with van der Waals surface area (Å²) in [6.45, 7) is 3.55. The van der Waals surface area contributed by atoms with Crippen molar-refractivity contribution in [3.63, 3.8) is 0 Å². The van der Waals surface area contributed by atoms with Gasteiger partial charge in [-0.1, -0.05) is 0 Å².